The fraction of sp³-hybridized carbons (Fsp3) is 0.652. The van der Waals surface area contributed by atoms with Gasteiger partial charge < -0.3 is 95.3 Å². The van der Waals surface area contributed by atoms with Crippen LogP contribution in [0, 0.1) is 0 Å². The Bertz CT molecular complexity index is 2330. The van der Waals surface area contributed by atoms with E-state index in [1.807, 2.05) is 63.2 Å². The van der Waals surface area contributed by atoms with Gasteiger partial charge in [-0.2, -0.15) is 0 Å². The van der Waals surface area contributed by atoms with E-state index in [9.17, 15) is 24.0 Å². The van der Waals surface area contributed by atoms with Crippen molar-refractivity contribution in [2.45, 2.75) is 58.3 Å². The van der Waals surface area contributed by atoms with Crippen molar-refractivity contribution in [3.05, 3.63) is 101 Å². The summed E-state index contributed by atoms with van der Waals surface area (Å²) in [5.41, 5.74) is 1.98. The lowest BCUT2D eigenvalue weighted by molar-refractivity contribution is -0.156. The van der Waals surface area contributed by atoms with E-state index in [1.54, 1.807) is 36.4 Å². The van der Waals surface area contributed by atoms with E-state index in [0.717, 1.165) is 11.1 Å². The maximum Gasteiger partial charge on any atom is 0.329 e. The number of amides is 3. The molecule has 4 rings (SSSR count). The fourth-order valence-corrected chi connectivity index (χ4v) is 8.06. The van der Waals surface area contributed by atoms with Gasteiger partial charge in [-0.3, -0.25) is 24.1 Å². The molecule has 518 valence electrons. The molecule has 1 N–H and O–H groups in total. The van der Waals surface area contributed by atoms with Gasteiger partial charge in [-0.1, -0.05) is 54.6 Å². The maximum atomic E-state index is 13.3. The van der Waals surface area contributed by atoms with Gasteiger partial charge in [-0.25, -0.2) is 4.79 Å². The van der Waals surface area contributed by atoms with E-state index >= 15 is 0 Å². The molecule has 92 heavy (non-hydrogen) atoms. The molecule has 0 saturated carbocycles. The Kier molecular flexibility index (Phi) is 45.2. The molecule has 0 bridgehead atoms. The zero-order valence-electron chi connectivity index (χ0n) is 54.2. The zero-order chi connectivity index (χ0) is 65.6. The second-order valence-corrected chi connectivity index (χ2v) is 21.1. The summed E-state index contributed by atoms with van der Waals surface area (Å²) in [6.45, 7) is 18.6. The normalized spacial score (nSPS) is 12.6. The van der Waals surface area contributed by atoms with Crippen LogP contribution in [0.2, 0.25) is 0 Å². The highest BCUT2D eigenvalue weighted by Gasteiger charge is 2.34. The third-order valence-electron chi connectivity index (χ3n) is 12.6. The minimum absolute atomic E-state index is 0.0413. The Morgan fingerprint density at radius 2 is 0.728 bits per heavy atom. The number of rotatable bonds is 61. The van der Waals surface area contributed by atoms with Crippen molar-refractivity contribution in [2.75, 3.05) is 225 Å². The highest BCUT2D eigenvalue weighted by atomic mass is 16.6. The molecule has 0 fully saturated rings. The monoisotopic (exact) mass is 1300 g/mol. The van der Waals surface area contributed by atoms with Crippen LogP contribution in [0.5, 0.6) is 5.75 Å². The molecule has 0 aliphatic carbocycles. The molecule has 26 heteroatoms. The van der Waals surface area contributed by atoms with Gasteiger partial charge in [0.25, 0.3) is 11.8 Å². The molecule has 1 atom stereocenters. The first kappa shape index (κ1) is 78.8. The van der Waals surface area contributed by atoms with E-state index in [4.69, 9.17) is 90.0 Å². The van der Waals surface area contributed by atoms with Crippen LogP contribution in [-0.4, -0.2) is 271 Å². The van der Waals surface area contributed by atoms with Gasteiger partial charge in [-0.15, -0.1) is 0 Å². The number of imide groups is 1. The van der Waals surface area contributed by atoms with Crippen molar-refractivity contribution >= 4 is 29.7 Å². The predicted octanol–water partition coefficient (Wildman–Crippen LogP) is 4.52. The van der Waals surface area contributed by atoms with Crippen LogP contribution in [0.25, 0.3) is 0 Å². The minimum Gasteiger partial charge on any atom is -0.491 e. The van der Waals surface area contributed by atoms with Crippen LogP contribution in [0.4, 0.5) is 0 Å². The molecule has 3 aromatic rings. The Balaban J connectivity index is 0.850. The summed E-state index contributed by atoms with van der Waals surface area (Å²) >= 11 is 0. The van der Waals surface area contributed by atoms with E-state index in [-0.39, 0.29) is 82.5 Å². The molecular weight excluding hydrogens is 1200 g/mol. The lowest BCUT2D eigenvalue weighted by atomic mass is 10.1. The molecule has 0 saturated heterocycles. The second-order valence-electron chi connectivity index (χ2n) is 21.1. The minimum atomic E-state index is -0.927. The second kappa shape index (κ2) is 52.7. The number of nitrogens with one attached hydrogen (secondary N) is 1. The van der Waals surface area contributed by atoms with E-state index in [1.165, 1.54) is 4.90 Å². The summed E-state index contributed by atoms with van der Waals surface area (Å²) in [5, 5.41) is 2.82. The lowest BCUT2D eigenvalue weighted by Gasteiger charge is -2.19. The first-order chi connectivity index (χ1) is 45.0. The van der Waals surface area contributed by atoms with E-state index in [0.29, 0.717) is 208 Å². The number of esters is 2. The molecular formula is C66H100N2O24. The summed E-state index contributed by atoms with van der Waals surface area (Å²) in [5.74, 6) is -1.14. The standard InChI is InChI=1S/C66H100N2O24/c1-66(2,3)92-62(70)18-21-75-24-27-78-30-33-88-49-50-89-51-52-90-57-15-13-55(14-16-57)53-60(65(73)91-54-56-9-5-4-6-10-56)67-61(69)17-20-74-23-26-77-29-32-80-35-37-82-39-41-84-43-45-86-47-48-87-46-44-85-42-40-83-38-36-81-34-31-79-28-25-76-22-19-68-63(71)58-11-7-8-12-59(58)64(68)72/h4-16,60H,17-54H2,1-3H3,(H,67,69)/t60-/m0/s1. The van der Waals surface area contributed by atoms with Crippen LogP contribution >= 0.6 is 0 Å². The Morgan fingerprint density at radius 1 is 0.391 bits per heavy atom. The highest BCUT2D eigenvalue weighted by Crippen LogP contribution is 2.22. The Hall–Kier alpha value is -5.63. The molecule has 1 aliphatic rings. The first-order valence-electron chi connectivity index (χ1n) is 31.6. The van der Waals surface area contributed by atoms with E-state index < -0.39 is 17.6 Å². The summed E-state index contributed by atoms with van der Waals surface area (Å²) in [6, 6.07) is 22.5. The number of nitrogens with zero attached hydrogens (tertiary/aromatic N) is 1. The van der Waals surface area contributed by atoms with Crippen molar-refractivity contribution in [1.29, 1.82) is 0 Å². The maximum absolute atomic E-state index is 13.3. The van der Waals surface area contributed by atoms with Gasteiger partial charge in [0.05, 0.1) is 236 Å². The quantitative estimate of drug-likeness (QED) is 0.0462. The van der Waals surface area contributed by atoms with Gasteiger partial charge in [-0.05, 0) is 56.2 Å². The predicted molar refractivity (Wildman–Crippen MR) is 334 cm³/mol. The molecule has 26 nitrogen and oxygen atoms in total. The molecule has 0 unspecified atom stereocenters. The number of benzene rings is 3. The summed E-state index contributed by atoms with van der Waals surface area (Å²) in [7, 11) is 0. The van der Waals surface area contributed by atoms with Crippen LogP contribution in [0.3, 0.4) is 0 Å². The van der Waals surface area contributed by atoms with Crippen LogP contribution in [0.15, 0.2) is 78.9 Å². The lowest BCUT2D eigenvalue weighted by Crippen LogP contribution is -2.43. The van der Waals surface area contributed by atoms with E-state index in [2.05, 4.69) is 5.32 Å². The molecule has 3 amide bonds. The van der Waals surface area contributed by atoms with Crippen molar-refractivity contribution in [2.24, 2.45) is 0 Å². The average molecular weight is 1310 g/mol. The number of hydrogen-bond acceptors (Lipinski definition) is 24. The zero-order valence-corrected chi connectivity index (χ0v) is 54.2. The molecule has 0 radical (unpaired) electrons. The average Bonchev–Trinajstić information content (AvgIpc) is 1.67. The van der Waals surface area contributed by atoms with Gasteiger partial charge in [0, 0.05) is 12.8 Å². The Labute approximate surface area is 541 Å². The molecule has 0 aromatic heterocycles. The number of carbonyl (C=O) groups is 5. The molecule has 1 heterocycles. The third kappa shape index (κ3) is 40.5. The number of carbonyl (C=O) groups excluding carboxylic acids is 5. The van der Waals surface area contributed by atoms with Gasteiger partial charge in [0.2, 0.25) is 5.91 Å². The first-order valence-corrected chi connectivity index (χ1v) is 31.6. The van der Waals surface area contributed by atoms with Crippen LogP contribution < -0.4 is 10.1 Å². The molecule has 1 aliphatic heterocycles. The van der Waals surface area contributed by atoms with Crippen molar-refractivity contribution in [3.63, 3.8) is 0 Å². The topological polar surface area (TPSA) is 276 Å². The van der Waals surface area contributed by atoms with Gasteiger partial charge in [0.1, 0.15) is 30.6 Å². The highest BCUT2D eigenvalue weighted by molar-refractivity contribution is 6.21. The molecule has 3 aromatic carbocycles. The van der Waals surface area contributed by atoms with Crippen molar-refractivity contribution in [3.8, 4) is 5.75 Å². The van der Waals surface area contributed by atoms with Crippen molar-refractivity contribution < 1.29 is 114 Å². The number of ether oxygens (including phenoxy) is 19. The van der Waals surface area contributed by atoms with Crippen LogP contribution in [-0.2, 0) is 113 Å². The largest absolute Gasteiger partial charge is 0.491 e. The van der Waals surface area contributed by atoms with Gasteiger partial charge in [0.15, 0.2) is 0 Å². The number of hydrogen-bond donors (Lipinski definition) is 1. The number of fused-ring (bicyclic) bond motifs is 1. The van der Waals surface area contributed by atoms with Gasteiger partial charge >= 0.3 is 11.9 Å². The van der Waals surface area contributed by atoms with Crippen molar-refractivity contribution in [1.82, 2.24) is 10.2 Å². The molecule has 0 spiro atoms. The third-order valence-corrected chi connectivity index (χ3v) is 12.6. The smallest absolute Gasteiger partial charge is 0.329 e. The summed E-state index contributed by atoms with van der Waals surface area (Å²) in [4.78, 5) is 63.9. The summed E-state index contributed by atoms with van der Waals surface area (Å²) in [6.07, 6.45) is 0.447. The van der Waals surface area contributed by atoms with Crippen LogP contribution in [0.1, 0.15) is 65.5 Å². The summed E-state index contributed by atoms with van der Waals surface area (Å²) < 4.78 is 105. The fourth-order valence-electron chi connectivity index (χ4n) is 8.06. The Morgan fingerprint density at radius 3 is 1.11 bits per heavy atom. The SMILES string of the molecule is CC(C)(C)OC(=O)CCOCCOCCOCCOCCOc1ccc(C[C@H](NC(=O)CCOCCOCCOCCOCCOCCOCCOCCOCCOCCOCCOCCOCCN2C(=O)c3ccccc3C2=O)C(=O)OCc2ccccc2)cc1.